The van der Waals surface area contributed by atoms with Crippen molar-refractivity contribution in [2.24, 2.45) is 0 Å². The number of carboxylic acids is 1. The zero-order chi connectivity index (χ0) is 13.3. The Hall–Kier alpha value is -2.15. The lowest BCUT2D eigenvalue weighted by Gasteiger charge is -2.17. The fourth-order valence-corrected chi connectivity index (χ4v) is 2.03. The highest BCUT2D eigenvalue weighted by Gasteiger charge is 2.27. The SMILES string of the molecule is O=C(O)c1ccc(N2CCC(O)C2)c([N+](=O)[O-])c1. The Morgan fingerprint density at radius 2 is 2.22 bits per heavy atom. The smallest absolute Gasteiger partial charge is 0.335 e. The summed E-state index contributed by atoms with van der Waals surface area (Å²) in [4.78, 5) is 22.8. The van der Waals surface area contributed by atoms with Crippen LogP contribution in [0.15, 0.2) is 18.2 Å². The quantitative estimate of drug-likeness (QED) is 0.610. The van der Waals surface area contributed by atoms with Gasteiger partial charge in [-0.1, -0.05) is 0 Å². The highest BCUT2D eigenvalue weighted by molar-refractivity contribution is 5.89. The van der Waals surface area contributed by atoms with Crippen molar-refractivity contribution in [1.29, 1.82) is 0 Å². The van der Waals surface area contributed by atoms with Crippen LogP contribution in [-0.4, -0.2) is 40.3 Å². The second-order valence-corrected chi connectivity index (χ2v) is 4.15. The molecule has 2 rings (SSSR count). The van der Waals surface area contributed by atoms with Crippen molar-refractivity contribution in [2.45, 2.75) is 12.5 Å². The van der Waals surface area contributed by atoms with Gasteiger partial charge in [0.05, 0.1) is 16.6 Å². The summed E-state index contributed by atoms with van der Waals surface area (Å²) >= 11 is 0. The van der Waals surface area contributed by atoms with E-state index in [-0.39, 0.29) is 11.3 Å². The average Bonchev–Trinajstić information content (AvgIpc) is 2.74. The van der Waals surface area contributed by atoms with E-state index in [4.69, 9.17) is 5.11 Å². The third-order valence-electron chi connectivity index (χ3n) is 2.92. The first-order chi connectivity index (χ1) is 8.49. The molecular formula is C11H12N2O5. The number of aliphatic hydroxyl groups excluding tert-OH is 1. The lowest BCUT2D eigenvalue weighted by Crippen LogP contribution is -2.22. The van der Waals surface area contributed by atoms with E-state index in [1.165, 1.54) is 12.1 Å². The normalized spacial score (nSPS) is 18.9. The molecule has 0 aromatic heterocycles. The van der Waals surface area contributed by atoms with Crippen molar-refractivity contribution in [3.63, 3.8) is 0 Å². The average molecular weight is 252 g/mol. The van der Waals surface area contributed by atoms with Crippen molar-refractivity contribution >= 4 is 17.3 Å². The minimum absolute atomic E-state index is 0.120. The van der Waals surface area contributed by atoms with Crippen LogP contribution >= 0.6 is 0 Å². The maximum atomic E-state index is 11.0. The molecular weight excluding hydrogens is 240 g/mol. The first-order valence-electron chi connectivity index (χ1n) is 5.44. The van der Waals surface area contributed by atoms with Gasteiger partial charge in [-0.2, -0.15) is 0 Å². The van der Waals surface area contributed by atoms with E-state index in [9.17, 15) is 20.0 Å². The van der Waals surface area contributed by atoms with Crippen LogP contribution in [0.2, 0.25) is 0 Å². The summed E-state index contributed by atoms with van der Waals surface area (Å²) in [6.07, 6.45) is 0.0569. The molecule has 1 atom stereocenters. The first-order valence-corrected chi connectivity index (χ1v) is 5.44. The van der Waals surface area contributed by atoms with E-state index in [0.29, 0.717) is 25.2 Å². The molecule has 96 valence electrons. The van der Waals surface area contributed by atoms with Crippen LogP contribution in [0.1, 0.15) is 16.8 Å². The lowest BCUT2D eigenvalue weighted by molar-refractivity contribution is -0.384. The molecule has 1 aliphatic rings. The summed E-state index contributed by atoms with van der Waals surface area (Å²) in [5, 5.41) is 29.2. The highest BCUT2D eigenvalue weighted by atomic mass is 16.6. The number of β-amino-alcohol motifs (C(OH)–C–C–N with tert-alkyl or cyclic N) is 1. The molecule has 1 saturated heterocycles. The molecule has 1 heterocycles. The number of hydrogen-bond donors (Lipinski definition) is 2. The van der Waals surface area contributed by atoms with Gasteiger partial charge in [-0.05, 0) is 18.6 Å². The number of hydrogen-bond acceptors (Lipinski definition) is 5. The number of aromatic carboxylic acids is 1. The van der Waals surface area contributed by atoms with Gasteiger partial charge in [-0.3, -0.25) is 10.1 Å². The molecule has 18 heavy (non-hydrogen) atoms. The number of benzene rings is 1. The summed E-state index contributed by atoms with van der Waals surface area (Å²) in [7, 11) is 0. The minimum Gasteiger partial charge on any atom is -0.478 e. The Bertz CT molecular complexity index is 502. The number of nitro benzene ring substituents is 1. The van der Waals surface area contributed by atoms with E-state index >= 15 is 0 Å². The van der Waals surface area contributed by atoms with Gasteiger partial charge in [0, 0.05) is 19.2 Å². The molecule has 0 aliphatic carbocycles. The number of carboxylic acid groups (broad SMARTS) is 1. The number of nitrogens with zero attached hydrogens (tertiary/aromatic N) is 2. The molecule has 0 spiro atoms. The van der Waals surface area contributed by atoms with E-state index < -0.39 is 17.0 Å². The Morgan fingerprint density at radius 3 is 2.72 bits per heavy atom. The topological polar surface area (TPSA) is 104 Å². The number of nitro groups is 1. The number of rotatable bonds is 3. The first kappa shape index (κ1) is 12.3. The largest absolute Gasteiger partial charge is 0.478 e. The molecule has 7 heteroatoms. The van der Waals surface area contributed by atoms with E-state index in [2.05, 4.69) is 0 Å². The predicted molar refractivity (Wildman–Crippen MR) is 62.9 cm³/mol. The summed E-state index contributed by atoms with van der Waals surface area (Å²) in [6.45, 7) is 0.849. The van der Waals surface area contributed by atoms with Crippen LogP contribution in [-0.2, 0) is 0 Å². The van der Waals surface area contributed by atoms with Gasteiger partial charge in [0.25, 0.3) is 5.69 Å². The fourth-order valence-electron chi connectivity index (χ4n) is 2.03. The molecule has 0 radical (unpaired) electrons. The Balaban J connectivity index is 2.41. The van der Waals surface area contributed by atoms with E-state index in [0.717, 1.165) is 6.07 Å². The van der Waals surface area contributed by atoms with Gasteiger partial charge < -0.3 is 15.1 Å². The van der Waals surface area contributed by atoms with Crippen LogP contribution < -0.4 is 4.90 Å². The molecule has 1 aromatic carbocycles. The van der Waals surface area contributed by atoms with Gasteiger partial charge in [0.1, 0.15) is 5.69 Å². The number of aliphatic hydroxyl groups is 1. The molecule has 1 aliphatic heterocycles. The highest BCUT2D eigenvalue weighted by Crippen LogP contribution is 2.31. The lowest BCUT2D eigenvalue weighted by atomic mass is 10.1. The summed E-state index contributed by atoms with van der Waals surface area (Å²) in [6, 6.07) is 3.79. The van der Waals surface area contributed by atoms with Crippen LogP contribution in [0, 0.1) is 10.1 Å². The minimum atomic E-state index is -1.20. The fraction of sp³-hybridized carbons (Fsp3) is 0.364. The summed E-state index contributed by atoms with van der Waals surface area (Å²) < 4.78 is 0. The Labute approximate surface area is 102 Å². The van der Waals surface area contributed by atoms with Crippen LogP contribution in [0.3, 0.4) is 0 Å². The molecule has 0 amide bonds. The molecule has 7 nitrogen and oxygen atoms in total. The zero-order valence-electron chi connectivity index (χ0n) is 9.44. The molecule has 1 aromatic rings. The van der Waals surface area contributed by atoms with Crippen molar-refractivity contribution in [1.82, 2.24) is 0 Å². The van der Waals surface area contributed by atoms with Crippen molar-refractivity contribution in [2.75, 3.05) is 18.0 Å². The van der Waals surface area contributed by atoms with Crippen LogP contribution in [0.4, 0.5) is 11.4 Å². The molecule has 0 bridgehead atoms. The number of anilines is 1. The van der Waals surface area contributed by atoms with E-state index in [1.54, 1.807) is 4.90 Å². The second kappa shape index (κ2) is 4.61. The van der Waals surface area contributed by atoms with Crippen molar-refractivity contribution in [3.8, 4) is 0 Å². The maximum absolute atomic E-state index is 11.0. The summed E-state index contributed by atoms with van der Waals surface area (Å²) in [5.41, 5.74) is -0.0178. The Kier molecular flexibility index (Phi) is 3.15. The van der Waals surface area contributed by atoms with Gasteiger partial charge in [0.15, 0.2) is 0 Å². The number of carbonyl (C=O) groups is 1. The third kappa shape index (κ3) is 2.25. The molecule has 0 saturated carbocycles. The monoisotopic (exact) mass is 252 g/mol. The maximum Gasteiger partial charge on any atom is 0.335 e. The molecule has 2 N–H and O–H groups in total. The van der Waals surface area contributed by atoms with Crippen LogP contribution in [0.5, 0.6) is 0 Å². The van der Waals surface area contributed by atoms with Gasteiger partial charge in [-0.15, -0.1) is 0 Å². The third-order valence-corrected chi connectivity index (χ3v) is 2.92. The zero-order valence-corrected chi connectivity index (χ0v) is 9.44. The van der Waals surface area contributed by atoms with Crippen LogP contribution in [0.25, 0.3) is 0 Å². The molecule has 1 unspecified atom stereocenters. The Morgan fingerprint density at radius 1 is 1.50 bits per heavy atom. The van der Waals surface area contributed by atoms with Gasteiger partial charge in [0.2, 0.25) is 0 Å². The summed E-state index contributed by atoms with van der Waals surface area (Å²) in [5.74, 6) is -1.20. The molecule has 1 fully saturated rings. The second-order valence-electron chi connectivity index (χ2n) is 4.15. The van der Waals surface area contributed by atoms with E-state index in [1.807, 2.05) is 0 Å². The van der Waals surface area contributed by atoms with Crippen molar-refractivity contribution in [3.05, 3.63) is 33.9 Å². The predicted octanol–water partition coefficient (Wildman–Crippen LogP) is 0.864. The van der Waals surface area contributed by atoms with Gasteiger partial charge >= 0.3 is 5.97 Å². The van der Waals surface area contributed by atoms with Gasteiger partial charge in [-0.25, -0.2) is 4.79 Å². The standard InChI is InChI=1S/C11H12N2O5/c14-8-3-4-12(6-8)9-2-1-7(11(15)16)5-10(9)13(17)18/h1-2,5,8,14H,3-4,6H2,(H,15,16). The van der Waals surface area contributed by atoms with Crippen molar-refractivity contribution < 1.29 is 19.9 Å².